The molecule has 0 saturated heterocycles. The van der Waals surface area contributed by atoms with Crippen molar-refractivity contribution in [3.63, 3.8) is 0 Å². The lowest BCUT2D eigenvalue weighted by Gasteiger charge is -2.18. The standard InChI is InChI=1S/C15H23N3S/c1-3-16-14(15-10-11-17-18(15)4-2)9-5-7-13-8-6-12-19-13/h6,8,10-12,14,16H,3-5,7,9H2,1-2H3. The van der Waals surface area contributed by atoms with Crippen LogP contribution in [0.5, 0.6) is 0 Å². The third kappa shape index (κ3) is 3.91. The molecule has 3 nitrogen and oxygen atoms in total. The highest BCUT2D eigenvalue weighted by Gasteiger charge is 2.14. The highest BCUT2D eigenvalue weighted by atomic mass is 32.1. The number of rotatable bonds is 8. The minimum atomic E-state index is 0.424. The summed E-state index contributed by atoms with van der Waals surface area (Å²) in [6.07, 6.45) is 5.47. The summed E-state index contributed by atoms with van der Waals surface area (Å²) < 4.78 is 2.10. The fourth-order valence-electron chi connectivity index (χ4n) is 2.44. The van der Waals surface area contributed by atoms with Crippen LogP contribution in [0.15, 0.2) is 29.8 Å². The molecular weight excluding hydrogens is 254 g/mol. The van der Waals surface area contributed by atoms with Crippen molar-refractivity contribution in [2.75, 3.05) is 6.54 Å². The smallest absolute Gasteiger partial charge is 0.0553 e. The van der Waals surface area contributed by atoms with Crippen molar-refractivity contribution in [2.45, 2.75) is 45.7 Å². The second-order valence-corrected chi connectivity index (χ2v) is 5.69. The SMILES string of the molecule is CCNC(CCCc1cccs1)c1ccnn1CC. The van der Waals surface area contributed by atoms with E-state index in [0.717, 1.165) is 19.5 Å². The van der Waals surface area contributed by atoms with E-state index in [9.17, 15) is 0 Å². The minimum Gasteiger partial charge on any atom is -0.309 e. The molecule has 0 fully saturated rings. The molecule has 0 aliphatic heterocycles. The van der Waals surface area contributed by atoms with Crippen molar-refractivity contribution in [2.24, 2.45) is 0 Å². The molecule has 2 aromatic rings. The van der Waals surface area contributed by atoms with Gasteiger partial charge in [0, 0.05) is 23.7 Å². The zero-order valence-electron chi connectivity index (χ0n) is 11.8. The van der Waals surface area contributed by atoms with Crippen LogP contribution in [0.1, 0.15) is 43.3 Å². The number of aryl methyl sites for hydroxylation is 2. The van der Waals surface area contributed by atoms with Gasteiger partial charge < -0.3 is 5.32 Å². The fraction of sp³-hybridized carbons (Fsp3) is 0.533. The summed E-state index contributed by atoms with van der Waals surface area (Å²) in [5, 5.41) is 10.1. The first-order chi connectivity index (χ1) is 9.35. The van der Waals surface area contributed by atoms with Crippen LogP contribution in [0.2, 0.25) is 0 Å². The van der Waals surface area contributed by atoms with E-state index in [1.807, 2.05) is 17.5 Å². The van der Waals surface area contributed by atoms with E-state index in [1.165, 1.54) is 23.4 Å². The number of aromatic nitrogens is 2. The van der Waals surface area contributed by atoms with Gasteiger partial charge in [0.2, 0.25) is 0 Å². The van der Waals surface area contributed by atoms with Gasteiger partial charge in [0.05, 0.1) is 5.69 Å². The number of thiophene rings is 1. The maximum Gasteiger partial charge on any atom is 0.0553 e. The summed E-state index contributed by atoms with van der Waals surface area (Å²) >= 11 is 1.86. The van der Waals surface area contributed by atoms with E-state index in [0.29, 0.717) is 6.04 Å². The van der Waals surface area contributed by atoms with Gasteiger partial charge in [-0.1, -0.05) is 13.0 Å². The van der Waals surface area contributed by atoms with E-state index in [4.69, 9.17) is 0 Å². The quantitative estimate of drug-likeness (QED) is 0.798. The Balaban J connectivity index is 1.92. The van der Waals surface area contributed by atoms with E-state index >= 15 is 0 Å². The van der Waals surface area contributed by atoms with Gasteiger partial charge in [-0.2, -0.15) is 5.10 Å². The second kappa shape index (κ2) is 7.46. The third-order valence-electron chi connectivity index (χ3n) is 3.35. The Morgan fingerprint density at radius 1 is 1.37 bits per heavy atom. The van der Waals surface area contributed by atoms with Crippen molar-refractivity contribution >= 4 is 11.3 Å². The van der Waals surface area contributed by atoms with Gasteiger partial charge >= 0.3 is 0 Å². The zero-order valence-corrected chi connectivity index (χ0v) is 12.6. The van der Waals surface area contributed by atoms with Gasteiger partial charge in [0.1, 0.15) is 0 Å². The average molecular weight is 277 g/mol. The molecule has 0 bridgehead atoms. The maximum absolute atomic E-state index is 4.37. The number of nitrogens with one attached hydrogen (secondary N) is 1. The van der Waals surface area contributed by atoms with Crippen LogP contribution in [0.25, 0.3) is 0 Å². The fourth-order valence-corrected chi connectivity index (χ4v) is 3.19. The molecule has 1 atom stereocenters. The Kier molecular flexibility index (Phi) is 5.61. The van der Waals surface area contributed by atoms with Crippen molar-refractivity contribution < 1.29 is 0 Å². The molecule has 2 aromatic heterocycles. The van der Waals surface area contributed by atoms with E-state index < -0.39 is 0 Å². The molecule has 2 rings (SSSR count). The molecule has 0 amide bonds. The van der Waals surface area contributed by atoms with Crippen molar-refractivity contribution in [3.8, 4) is 0 Å². The minimum absolute atomic E-state index is 0.424. The number of hydrogen-bond acceptors (Lipinski definition) is 3. The molecule has 1 unspecified atom stereocenters. The Morgan fingerprint density at radius 2 is 2.26 bits per heavy atom. The lowest BCUT2D eigenvalue weighted by atomic mass is 10.1. The summed E-state index contributed by atoms with van der Waals surface area (Å²) in [5.41, 5.74) is 1.32. The molecule has 2 heterocycles. The van der Waals surface area contributed by atoms with Gasteiger partial charge in [-0.3, -0.25) is 4.68 Å². The molecule has 19 heavy (non-hydrogen) atoms. The lowest BCUT2D eigenvalue weighted by Crippen LogP contribution is -2.24. The first-order valence-electron chi connectivity index (χ1n) is 7.12. The lowest BCUT2D eigenvalue weighted by molar-refractivity contribution is 0.456. The van der Waals surface area contributed by atoms with Crippen LogP contribution in [-0.2, 0) is 13.0 Å². The van der Waals surface area contributed by atoms with Crippen LogP contribution < -0.4 is 5.32 Å². The third-order valence-corrected chi connectivity index (χ3v) is 4.29. The monoisotopic (exact) mass is 277 g/mol. The van der Waals surface area contributed by atoms with E-state index in [1.54, 1.807) is 0 Å². The van der Waals surface area contributed by atoms with Crippen molar-refractivity contribution in [1.29, 1.82) is 0 Å². The normalized spacial score (nSPS) is 12.7. The molecule has 0 aliphatic rings. The molecule has 4 heteroatoms. The molecule has 0 aromatic carbocycles. The highest BCUT2D eigenvalue weighted by molar-refractivity contribution is 7.09. The molecule has 0 spiro atoms. The summed E-state index contributed by atoms with van der Waals surface area (Å²) in [5.74, 6) is 0. The first kappa shape index (κ1) is 14.3. The molecule has 104 valence electrons. The Hall–Kier alpha value is -1.13. The predicted molar refractivity (Wildman–Crippen MR) is 81.6 cm³/mol. The average Bonchev–Trinajstić information content (AvgIpc) is 3.08. The van der Waals surface area contributed by atoms with Crippen LogP contribution in [0.3, 0.4) is 0 Å². The number of hydrogen-bond donors (Lipinski definition) is 1. The van der Waals surface area contributed by atoms with Crippen LogP contribution in [0, 0.1) is 0 Å². The maximum atomic E-state index is 4.37. The van der Waals surface area contributed by atoms with E-state index in [-0.39, 0.29) is 0 Å². The van der Waals surface area contributed by atoms with Crippen LogP contribution in [0.4, 0.5) is 0 Å². The summed E-state index contributed by atoms with van der Waals surface area (Å²) in [4.78, 5) is 1.49. The topological polar surface area (TPSA) is 29.9 Å². The molecule has 1 N–H and O–H groups in total. The van der Waals surface area contributed by atoms with Gasteiger partial charge in [0.15, 0.2) is 0 Å². The van der Waals surface area contributed by atoms with E-state index in [2.05, 4.69) is 52.5 Å². The summed E-state index contributed by atoms with van der Waals surface area (Å²) in [6.45, 7) is 6.25. The largest absolute Gasteiger partial charge is 0.309 e. The Labute approximate surface area is 119 Å². The molecular formula is C15H23N3S. The van der Waals surface area contributed by atoms with Crippen LogP contribution >= 0.6 is 11.3 Å². The molecule has 0 aliphatic carbocycles. The predicted octanol–water partition coefficient (Wildman–Crippen LogP) is 3.64. The summed E-state index contributed by atoms with van der Waals surface area (Å²) in [7, 11) is 0. The molecule has 0 saturated carbocycles. The summed E-state index contributed by atoms with van der Waals surface area (Å²) in [6, 6.07) is 6.92. The Bertz CT molecular complexity index is 461. The van der Waals surface area contributed by atoms with Gasteiger partial charge in [-0.05, 0) is 50.2 Å². The van der Waals surface area contributed by atoms with Crippen LogP contribution in [-0.4, -0.2) is 16.3 Å². The number of nitrogens with zero attached hydrogens (tertiary/aromatic N) is 2. The van der Waals surface area contributed by atoms with Gasteiger partial charge in [-0.25, -0.2) is 0 Å². The second-order valence-electron chi connectivity index (χ2n) is 4.65. The first-order valence-corrected chi connectivity index (χ1v) is 8.00. The van der Waals surface area contributed by atoms with Crippen molar-refractivity contribution in [3.05, 3.63) is 40.3 Å². The highest BCUT2D eigenvalue weighted by Crippen LogP contribution is 2.21. The van der Waals surface area contributed by atoms with Gasteiger partial charge in [-0.15, -0.1) is 11.3 Å². The molecule has 0 radical (unpaired) electrons. The van der Waals surface area contributed by atoms with Crippen molar-refractivity contribution in [1.82, 2.24) is 15.1 Å². The Morgan fingerprint density at radius 3 is 2.95 bits per heavy atom. The zero-order chi connectivity index (χ0) is 13.5. The van der Waals surface area contributed by atoms with Gasteiger partial charge in [0.25, 0.3) is 0 Å².